The van der Waals surface area contributed by atoms with E-state index in [9.17, 15) is 14.7 Å². The smallest absolute Gasteiger partial charge is 0.267 e. The molecule has 2 aromatic heterocycles. The first-order valence-corrected chi connectivity index (χ1v) is 6.75. The Morgan fingerprint density at radius 2 is 2.25 bits per heavy atom. The zero-order chi connectivity index (χ0) is 14.9. The van der Waals surface area contributed by atoms with Gasteiger partial charge in [-0.05, 0) is 6.92 Å². The summed E-state index contributed by atoms with van der Waals surface area (Å²) in [7, 11) is 1.54. The second-order valence-corrected chi connectivity index (χ2v) is 4.99. The van der Waals surface area contributed by atoms with E-state index in [0.29, 0.717) is 23.1 Å². The van der Waals surface area contributed by atoms with E-state index in [4.69, 9.17) is 0 Å². The quantitative estimate of drug-likeness (QED) is 0.882. The number of amides is 1. The van der Waals surface area contributed by atoms with Crippen molar-refractivity contribution >= 4 is 22.6 Å². The molecule has 0 aromatic carbocycles. The van der Waals surface area contributed by atoms with Gasteiger partial charge in [0.15, 0.2) is 0 Å². The van der Waals surface area contributed by atoms with Crippen LogP contribution in [-0.2, 0) is 13.5 Å². The number of nitrogens with zero attached hydrogens (tertiary/aromatic N) is 3. The maximum Gasteiger partial charge on any atom is 0.267 e. The minimum absolute atomic E-state index is 0.300. The third-order valence-electron chi connectivity index (χ3n) is 2.88. The van der Waals surface area contributed by atoms with E-state index in [1.54, 1.807) is 6.92 Å². The number of aromatic hydroxyl groups is 1. The first-order chi connectivity index (χ1) is 9.43. The van der Waals surface area contributed by atoms with Crippen LogP contribution in [0.15, 0.2) is 10.9 Å². The lowest BCUT2D eigenvalue weighted by atomic mass is 10.2. The first kappa shape index (κ1) is 14.2. The molecule has 1 amide bonds. The molecule has 0 spiro atoms. The summed E-state index contributed by atoms with van der Waals surface area (Å²) in [5.74, 6) is -0.420. The van der Waals surface area contributed by atoms with Crippen molar-refractivity contribution in [3.05, 3.63) is 33.5 Å². The highest BCUT2D eigenvalue weighted by Gasteiger charge is 2.19. The average molecular weight is 294 g/mol. The van der Waals surface area contributed by atoms with Crippen LogP contribution in [0.2, 0.25) is 0 Å². The number of carbonyl (C=O) groups excluding carboxylic acids is 1. The number of aromatic nitrogens is 3. The number of nitrogens with one attached hydrogen (secondary N) is 1. The van der Waals surface area contributed by atoms with Gasteiger partial charge in [0, 0.05) is 36.8 Å². The van der Waals surface area contributed by atoms with Crippen molar-refractivity contribution in [2.24, 2.45) is 7.05 Å². The Balaban J connectivity index is 2.34. The van der Waals surface area contributed by atoms with E-state index in [2.05, 4.69) is 14.7 Å². The molecule has 0 unspecified atom stereocenters. The van der Waals surface area contributed by atoms with Crippen molar-refractivity contribution in [1.82, 2.24) is 13.9 Å². The lowest BCUT2D eigenvalue weighted by Crippen LogP contribution is -2.28. The first-order valence-electron chi connectivity index (χ1n) is 5.97. The van der Waals surface area contributed by atoms with Crippen molar-refractivity contribution < 1.29 is 9.90 Å². The van der Waals surface area contributed by atoms with Gasteiger partial charge in [-0.15, -0.1) is 0 Å². The topological polar surface area (TPSA) is 97.1 Å². The highest BCUT2D eigenvalue weighted by molar-refractivity contribution is 7.09. The molecule has 0 aliphatic rings. The molecule has 20 heavy (non-hydrogen) atoms. The molecular formula is C12H14N4O3S. The number of aryl methyl sites for hydroxylation is 2. The van der Waals surface area contributed by atoms with Crippen LogP contribution in [-0.4, -0.2) is 24.9 Å². The van der Waals surface area contributed by atoms with Crippen LogP contribution in [0.25, 0.3) is 0 Å². The Bertz CT molecular complexity index is 720. The summed E-state index contributed by atoms with van der Waals surface area (Å²) in [5, 5.41) is 12.6. The molecule has 0 bridgehead atoms. The van der Waals surface area contributed by atoms with Crippen LogP contribution >= 0.6 is 11.5 Å². The number of anilines is 1. The molecule has 0 atom stereocenters. The Morgan fingerprint density at radius 1 is 1.55 bits per heavy atom. The van der Waals surface area contributed by atoms with Gasteiger partial charge >= 0.3 is 0 Å². The third kappa shape index (κ3) is 2.55. The summed E-state index contributed by atoms with van der Waals surface area (Å²) in [6, 6.07) is 1.37. The Kier molecular flexibility index (Phi) is 3.84. The molecule has 2 rings (SSSR count). The number of hydrogen-bond acceptors (Lipinski definition) is 6. The van der Waals surface area contributed by atoms with Crippen LogP contribution in [0.3, 0.4) is 0 Å². The lowest BCUT2D eigenvalue weighted by molar-refractivity contribution is 0.102. The number of rotatable bonds is 3. The Labute approximate surface area is 119 Å². The van der Waals surface area contributed by atoms with Crippen LogP contribution in [0, 0.1) is 6.92 Å². The van der Waals surface area contributed by atoms with Crippen LogP contribution in [0.4, 0.5) is 5.13 Å². The Morgan fingerprint density at radius 3 is 2.85 bits per heavy atom. The van der Waals surface area contributed by atoms with E-state index in [1.165, 1.54) is 17.7 Å². The maximum atomic E-state index is 12.1. The second kappa shape index (κ2) is 5.41. The van der Waals surface area contributed by atoms with Crippen LogP contribution in [0.1, 0.15) is 28.8 Å². The molecule has 0 aliphatic carbocycles. The molecule has 0 aliphatic heterocycles. The molecule has 106 valence electrons. The number of pyridine rings is 1. The summed E-state index contributed by atoms with van der Waals surface area (Å²) in [5.41, 5.74) is -0.292. The van der Waals surface area contributed by atoms with Crippen molar-refractivity contribution in [3.63, 3.8) is 0 Å². The molecule has 0 saturated carbocycles. The monoisotopic (exact) mass is 294 g/mol. The SMILES string of the molecule is CCc1nsc(NC(=O)c2c(O)cc(C)n(C)c2=O)n1. The molecule has 0 fully saturated rings. The fraction of sp³-hybridized carbons (Fsp3) is 0.333. The van der Waals surface area contributed by atoms with Gasteiger partial charge in [-0.25, -0.2) is 4.98 Å². The Hall–Kier alpha value is -2.22. The number of hydrogen-bond donors (Lipinski definition) is 2. The normalized spacial score (nSPS) is 10.6. The van der Waals surface area contributed by atoms with Gasteiger partial charge in [-0.2, -0.15) is 4.37 Å². The van der Waals surface area contributed by atoms with Crippen molar-refractivity contribution in [2.45, 2.75) is 20.3 Å². The van der Waals surface area contributed by atoms with Gasteiger partial charge in [0.05, 0.1) is 0 Å². The summed E-state index contributed by atoms with van der Waals surface area (Å²) in [6.45, 7) is 3.57. The van der Waals surface area contributed by atoms with E-state index in [1.807, 2.05) is 6.92 Å². The second-order valence-electron chi connectivity index (χ2n) is 4.23. The largest absolute Gasteiger partial charge is 0.507 e. The zero-order valence-corrected chi connectivity index (χ0v) is 12.1. The van der Waals surface area contributed by atoms with Crippen molar-refractivity contribution in [1.29, 1.82) is 0 Å². The summed E-state index contributed by atoms with van der Waals surface area (Å²) in [4.78, 5) is 28.2. The van der Waals surface area contributed by atoms with Crippen LogP contribution < -0.4 is 10.9 Å². The summed E-state index contributed by atoms with van der Waals surface area (Å²) in [6.07, 6.45) is 0.657. The van der Waals surface area contributed by atoms with Gasteiger partial charge in [0.1, 0.15) is 17.1 Å². The molecule has 0 saturated heterocycles. The van der Waals surface area contributed by atoms with Gasteiger partial charge < -0.3 is 9.67 Å². The lowest BCUT2D eigenvalue weighted by Gasteiger charge is -2.08. The van der Waals surface area contributed by atoms with Gasteiger partial charge in [0.25, 0.3) is 11.5 Å². The molecule has 7 nitrogen and oxygen atoms in total. The number of carbonyl (C=O) groups is 1. The molecule has 8 heteroatoms. The molecule has 2 heterocycles. The minimum Gasteiger partial charge on any atom is -0.507 e. The van der Waals surface area contributed by atoms with Crippen molar-refractivity contribution in [3.8, 4) is 5.75 Å². The van der Waals surface area contributed by atoms with Gasteiger partial charge in [-0.1, -0.05) is 6.92 Å². The standard InChI is InChI=1S/C12H14N4O3S/c1-4-8-13-12(20-15-8)14-10(18)9-7(17)5-6(2)16(3)11(9)19/h5,17H,4H2,1-3H3,(H,13,14,15,18). The fourth-order valence-electron chi connectivity index (χ4n) is 1.63. The van der Waals surface area contributed by atoms with Gasteiger partial charge in [-0.3, -0.25) is 14.9 Å². The molecule has 2 N–H and O–H groups in total. The predicted octanol–water partition coefficient (Wildman–Crippen LogP) is 1.07. The average Bonchev–Trinajstić information content (AvgIpc) is 2.83. The van der Waals surface area contributed by atoms with Crippen molar-refractivity contribution in [2.75, 3.05) is 5.32 Å². The zero-order valence-electron chi connectivity index (χ0n) is 11.3. The van der Waals surface area contributed by atoms with Gasteiger partial charge in [0.2, 0.25) is 5.13 Å². The highest BCUT2D eigenvalue weighted by atomic mass is 32.1. The van der Waals surface area contributed by atoms with E-state index >= 15 is 0 Å². The highest BCUT2D eigenvalue weighted by Crippen LogP contribution is 2.17. The molecule has 0 radical (unpaired) electrons. The fourth-order valence-corrected chi connectivity index (χ4v) is 2.27. The van der Waals surface area contributed by atoms with Crippen LogP contribution in [0.5, 0.6) is 5.75 Å². The van der Waals surface area contributed by atoms with E-state index in [0.717, 1.165) is 11.5 Å². The predicted molar refractivity (Wildman–Crippen MR) is 75.3 cm³/mol. The summed E-state index contributed by atoms with van der Waals surface area (Å²) < 4.78 is 5.33. The third-order valence-corrected chi connectivity index (χ3v) is 3.55. The molecular weight excluding hydrogens is 280 g/mol. The summed E-state index contributed by atoms with van der Waals surface area (Å²) >= 11 is 1.03. The van der Waals surface area contributed by atoms with E-state index in [-0.39, 0.29) is 11.3 Å². The minimum atomic E-state index is -0.693. The molecule has 2 aromatic rings. The maximum absolute atomic E-state index is 12.1. The van der Waals surface area contributed by atoms with E-state index < -0.39 is 11.5 Å².